The second-order valence-corrected chi connectivity index (χ2v) is 5.50. The van der Waals surface area contributed by atoms with Crippen LogP contribution in [0.4, 0.5) is 0 Å². The van der Waals surface area contributed by atoms with E-state index in [9.17, 15) is 0 Å². The van der Waals surface area contributed by atoms with Gasteiger partial charge < -0.3 is 5.32 Å². The van der Waals surface area contributed by atoms with Gasteiger partial charge in [0.25, 0.3) is 0 Å². The maximum absolute atomic E-state index is 4.30. The summed E-state index contributed by atoms with van der Waals surface area (Å²) in [5, 5.41) is 10.6. The fourth-order valence-corrected chi connectivity index (χ4v) is 3.10. The van der Waals surface area contributed by atoms with E-state index in [4.69, 9.17) is 0 Å². The first kappa shape index (κ1) is 10.3. The zero-order chi connectivity index (χ0) is 11.0. The molecule has 0 amide bonds. The Kier molecular flexibility index (Phi) is 2.46. The van der Waals surface area contributed by atoms with Gasteiger partial charge in [0.2, 0.25) is 0 Å². The molecule has 0 radical (unpaired) electrons. The molecule has 4 heteroatoms. The molecular formula is C12H20N4. The first-order valence-corrected chi connectivity index (χ1v) is 6.37. The molecule has 1 heterocycles. The zero-order valence-electron chi connectivity index (χ0n) is 9.92. The standard InChI is InChI=1S/C12H20N4/c1-9-14-11(16-15-9)3-6-13-10-7-12(8-10)4-2-5-12/h10,13H,2-8H2,1H3,(H,14,15,16). The normalized spacial score (nSPS) is 23.1. The molecule has 88 valence electrons. The van der Waals surface area contributed by atoms with Crippen molar-refractivity contribution in [2.75, 3.05) is 6.54 Å². The smallest absolute Gasteiger partial charge is 0.151 e. The minimum absolute atomic E-state index is 0.764. The summed E-state index contributed by atoms with van der Waals surface area (Å²) in [6.45, 7) is 2.95. The van der Waals surface area contributed by atoms with Crippen molar-refractivity contribution in [3.8, 4) is 0 Å². The van der Waals surface area contributed by atoms with E-state index in [-0.39, 0.29) is 0 Å². The Bertz CT molecular complexity index is 359. The molecule has 2 aliphatic rings. The van der Waals surface area contributed by atoms with E-state index in [1.165, 1.54) is 32.1 Å². The molecule has 2 aliphatic carbocycles. The third-order valence-electron chi connectivity index (χ3n) is 4.20. The number of nitrogens with zero attached hydrogens (tertiary/aromatic N) is 2. The maximum Gasteiger partial charge on any atom is 0.151 e. The molecule has 3 rings (SSSR count). The summed E-state index contributed by atoms with van der Waals surface area (Å²) >= 11 is 0. The third kappa shape index (κ3) is 1.86. The van der Waals surface area contributed by atoms with Crippen molar-refractivity contribution in [1.29, 1.82) is 0 Å². The van der Waals surface area contributed by atoms with Crippen LogP contribution in [0.25, 0.3) is 0 Å². The fraction of sp³-hybridized carbons (Fsp3) is 0.833. The van der Waals surface area contributed by atoms with Crippen molar-refractivity contribution in [3.63, 3.8) is 0 Å². The van der Waals surface area contributed by atoms with Gasteiger partial charge in [-0.05, 0) is 38.0 Å². The summed E-state index contributed by atoms with van der Waals surface area (Å²) in [6.07, 6.45) is 8.16. The molecule has 2 N–H and O–H groups in total. The van der Waals surface area contributed by atoms with E-state index < -0.39 is 0 Å². The highest BCUT2D eigenvalue weighted by Crippen LogP contribution is 2.55. The fourth-order valence-electron chi connectivity index (χ4n) is 3.10. The molecule has 16 heavy (non-hydrogen) atoms. The van der Waals surface area contributed by atoms with Gasteiger partial charge in [-0.3, -0.25) is 5.10 Å². The Morgan fingerprint density at radius 2 is 2.25 bits per heavy atom. The molecule has 2 fully saturated rings. The second kappa shape index (κ2) is 3.84. The molecule has 4 nitrogen and oxygen atoms in total. The first-order valence-electron chi connectivity index (χ1n) is 6.37. The summed E-state index contributed by atoms with van der Waals surface area (Å²) in [4.78, 5) is 4.30. The SMILES string of the molecule is Cc1nc(CCNC2CC3(CCC3)C2)n[nH]1. The highest BCUT2D eigenvalue weighted by atomic mass is 15.2. The van der Waals surface area contributed by atoms with Crippen LogP contribution in [-0.4, -0.2) is 27.8 Å². The van der Waals surface area contributed by atoms with Crippen LogP contribution in [0.2, 0.25) is 0 Å². The van der Waals surface area contributed by atoms with Gasteiger partial charge in [0.15, 0.2) is 5.82 Å². The largest absolute Gasteiger partial charge is 0.313 e. The van der Waals surface area contributed by atoms with Gasteiger partial charge in [-0.2, -0.15) is 5.10 Å². The first-order chi connectivity index (χ1) is 7.76. The Morgan fingerprint density at radius 3 is 2.81 bits per heavy atom. The summed E-state index contributed by atoms with van der Waals surface area (Å²) in [7, 11) is 0. The van der Waals surface area contributed by atoms with Gasteiger partial charge in [-0.15, -0.1) is 0 Å². The molecule has 0 unspecified atom stereocenters. The minimum Gasteiger partial charge on any atom is -0.313 e. The Hall–Kier alpha value is -0.900. The van der Waals surface area contributed by atoms with Crippen LogP contribution >= 0.6 is 0 Å². The molecule has 0 atom stereocenters. The lowest BCUT2D eigenvalue weighted by atomic mass is 9.54. The van der Waals surface area contributed by atoms with Gasteiger partial charge in [0, 0.05) is 19.0 Å². The molecule has 0 aromatic carbocycles. The monoisotopic (exact) mass is 220 g/mol. The van der Waals surface area contributed by atoms with Gasteiger partial charge in [-0.1, -0.05) is 6.42 Å². The molecule has 2 saturated carbocycles. The van der Waals surface area contributed by atoms with Gasteiger partial charge in [-0.25, -0.2) is 4.98 Å². The molecule has 1 aromatic heterocycles. The topological polar surface area (TPSA) is 53.6 Å². The molecule has 1 aromatic rings. The number of nitrogens with one attached hydrogen (secondary N) is 2. The number of H-pyrrole nitrogens is 1. The van der Waals surface area contributed by atoms with Crippen LogP contribution in [0, 0.1) is 12.3 Å². The van der Waals surface area contributed by atoms with Crippen LogP contribution in [0.1, 0.15) is 43.8 Å². The number of aromatic amines is 1. The van der Waals surface area contributed by atoms with Gasteiger partial charge in [0.05, 0.1) is 0 Å². The van der Waals surface area contributed by atoms with Crippen LogP contribution < -0.4 is 5.32 Å². The highest BCUT2D eigenvalue weighted by molar-refractivity contribution is 5.02. The average molecular weight is 220 g/mol. The Balaban J connectivity index is 1.35. The average Bonchev–Trinajstić information content (AvgIpc) is 2.52. The summed E-state index contributed by atoms with van der Waals surface area (Å²) in [5.74, 6) is 1.84. The highest BCUT2D eigenvalue weighted by Gasteiger charge is 2.47. The van der Waals surface area contributed by atoms with E-state index in [0.717, 1.165) is 36.1 Å². The molecular weight excluding hydrogens is 200 g/mol. The zero-order valence-corrected chi connectivity index (χ0v) is 9.92. The third-order valence-corrected chi connectivity index (χ3v) is 4.20. The molecule has 0 aliphatic heterocycles. The van der Waals surface area contributed by atoms with E-state index in [1.807, 2.05) is 6.92 Å². The van der Waals surface area contributed by atoms with E-state index in [0.29, 0.717) is 0 Å². The number of hydrogen-bond acceptors (Lipinski definition) is 3. The van der Waals surface area contributed by atoms with Crippen LogP contribution in [0.3, 0.4) is 0 Å². The van der Waals surface area contributed by atoms with Crippen molar-refractivity contribution in [1.82, 2.24) is 20.5 Å². The number of rotatable bonds is 4. The van der Waals surface area contributed by atoms with E-state index in [2.05, 4.69) is 20.5 Å². The summed E-state index contributed by atoms with van der Waals surface area (Å²) < 4.78 is 0. The lowest BCUT2D eigenvalue weighted by Crippen LogP contribution is -2.52. The number of hydrogen-bond donors (Lipinski definition) is 2. The van der Waals surface area contributed by atoms with Gasteiger partial charge >= 0.3 is 0 Å². The maximum atomic E-state index is 4.30. The Morgan fingerprint density at radius 1 is 1.44 bits per heavy atom. The van der Waals surface area contributed by atoms with Crippen LogP contribution in [-0.2, 0) is 6.42 Å². The summed E-state index contributed by atoms with van der Waals surface area (Å²) in [6, 6.07) is 0.764. The number of aryl methyl sites for hydroxylation is 1. The Labute approximate surface area is 96.2 Å². The van der Waals surface area contributed by atoms with E-state index in [1.54, 1.807) is 0 Å². The second-order valence-electron chi connectivity index (χ2n) is 5.50. The molecule has 1 spiro atoms. The van der Waals surface area contributed by atoms with Crippen molar-refractivity contribution < 1.29 is 0 Å². The molecule has 0 saturated heterocycles. The lowest BCUT2D eigenvalue weighted by molar-refractivity contribution is -0.00173. The number of aromatic nitrogens is 3. The van der Waals surface area contributed by atoms with Crippen LogP contribution in [0.5, 0.6) is 0 Å². The quantitative estimate of drug-likeness (QED) is 0.810. The van der Waals surface area contributed by atoms with Crippen molar-refractivity contribution >= 4 is 0 Å². The predicted molar refractivity (Wildman–Crippen MR) is 62.1 cm³/mol. The summed E-state index contributed by atoms with van der Waals surface area (Å²) in [5.41, 5.74) is 0.777. The molecule has 0 bridgehead atoms. The van der Waals surface area contributed by atoms with Gasteiger partial charge in [0.1, 0.15) is 5.82 Å². The van der Waals surface area contributed by atoms with Crippen molar-refractivity contribution in [2.24, 2.45) is 5.41 Å². The van der Waals surface area contributed by atoms with E-state index >= 15 is 0 Å². The van der Waals surface area contributed by atoms with Crippen molar-refractivity contribution in [3.05, 3.63) is 11.6 Å². The predicted octanol–water partition coefficient (Wildman–Crippen LogP) is 1.58. The lowest BCUT2D eigenvalue weighted by Gasteiger charge is -2.54. The minimum atomic E-state index is 0.764. The van der Waals surface area contributed by atoms with Crippen LogP contribution in [0.15, 0.2) is 0 Å². The van der Waals surface area contributed by atoms with Crippen molar-refractivity contribution in [2.45, 2.75) is 51.5 Å².